The first-order valence-electron chi connectivity index (χ1n) is 12.5. The van der Waals surface area contributed by atoms with Gasteiger partial charge in [0.15, 0.2) is 10.8 Å². The van der Waals surface area contributed by atoms with E-state index >= 15 is 0 Å². The Balaban J connectivity index is 1.18. The van der Waals surface area contributed by atoms with Gasteiger partial charge in [-0.15, -0.1) is 11.3 Å². The summed E-state index contributed by atoms with van der Waals surface area (Å²) in [5.41, 5.74) is 2.59. The van der Waals surface area contributed by atoms with E-state index in [1.165, 1.54) is 11.3 Å². The van der Waals surface area contributed by atoms with Crippen molar-refractivity contribution in [2.75, 3.05) is 50.0 Å². The number of carbonyl (C=O) groups is 2. The number of imidazole rings is 1. The summed E-state index contributed by atoms with van der Waals surface area (Å²) >= 11 is 1.42. The van der Waals surface area contributed by atoms with E-state index in [0.29, 0.717) is 29.5 Å². The molecule has 1 saturated heterocycles. The molecule has 0 unspecified atom stereocenters. The maximum absolute atomic E-state index is 12.8. The van der Waals surface area contributed by atoms with Crippen LogP contribution in [0.4, 0.5) is 16.3 Å². The van der Waals surface area contributed by atoms with Crippen molar-refractivity contribution in [1.29, 1.82) is 0 Å². The molecule has 0 bridgehead atoms. The molecule has 0 atom stereocenters. The lowest BCUT2D eigenvalue weighted by molar-refractivity contribution is 0.0383. The summed E-state index contributed by atoms with van der Waals surface area (Å²) in [6, 6.07) is 8.63. The Kier molecular flexibility index (Phi) is 7.45. The third-order valence-electron chi connectivity index (χ3n) is 6.19. The highest BCUT2D eigenvalue weighted by Gasteiger charge is 2.20. The highest BCUT2D eigenvalue weighted by atomic mass is 32.1. The minimum atomic E-state index is -0.418. The predicted molar refractivity (Wildman–Crippen MR) is 146 cm³/mol. The predicted octanol–water partition coefficient (Wildman–Crippen LogP) is 4.05. The number of amides is 3. The normalized spacial score (nSPS) is 14.5. The number of nitrogens with one attached hydrogen (secondary N) is 3. The van der Waals surface area contributed by atoms with Crippen LogP contribution in [0.2, 0.25) is 0 Å². The zero-order valence-corrected chi connectivity index (χ0v) is 22.4. The quantitative estimate of drug-likeness (QED) is 0.325. The molecule has 1 aromatic carbocycles. The second-order valence-electron chi connectivity index (χ2n) is 10.1. The largest absolute Gasteiger partial charge is 0.379 e. The van der Waals surface area contributed by atoms with Crippen LogP contribution in [0.15, 0.2) is 46.4 Å². The molecule has 0 radical (unpaired) electrons. The molecule has 200 valence electrons. The topological polar surface area (TPSA) is 126 Å². The maximum Gasteiger partial charge on any atom is 0.324 e. The first kappa shape index (κ1) is 25.9. The van der Waals surface area contributed by atoms with E-state index in [1.54, 1.807) is 18.2 Å². The molecule has 3 aromatic heterocycles. The number of aromatic nitrogens is 3. The van der Waals surface area contributed by atoms with Crippen molar-refractivity contribution in [3.05, 3.63) is 53.4 Å². The second-order valence-corrected chi connectivity index (χ2v) is 10.9. The van der Waals surface area contributed by atoms with E-state index < -0.39 is 6.03 Å². The Bertz CT molecular complexity index is 1410. The number of morpholine rings is 1. The number of carbonyl (C=O) groups excluding carboxylic acids is 2. The van der Waals surface area contributed by atoms with Crippen LogP contribution in [0.5, 0.6) is 0 Å². The molecular formula is C26H31N7O4S. The van der Waals surface area contributed by atoms with Gasteiger partial charge in [0.1, 0.15) is 11.5 Å². The van der Waals surface area contributed by atoms with Crippen molar-refractivity contribution >= 4 is 39.7 Å². The van der Waals surface area contributed by atoms with Crippen LogP contribution in [0.1, 0.15) is 37.0 Å². The minimum absolute atomic E-state index is 0.124. The Labute approximate surface area is 224 Å². The van der Waals surface area contributed by atoms with Crippen molar-refractivity contribution in [2.45, 2.75) is 26.2 Å². The minimum Gasteiger partial charge on any atom is -0.379 e. The number of rotatable bonds is 7. The summed E-state index contributed by atoms with van der Waals surface area (Å²) in [6.07, 6.45) is 1.86. The molecule has 11 nitrogen and oxygen atoms in total. The lowest BCUT2D eigenvalue weighted by atomic mass is 9.93. The first-order chi connectivity index (χ1) is 18.3. The number of nitrogens with zero attached hydrogens (tertiary/aromatic N) is 4. The molecule has 0 saturated carbocycles. The summed E-state index contributed by atoms with van der Waals surface area (Å²) in [4.78, 5) is 32.9. The summed E-state index contributed by atoms with van der Waals surface area (Å²) in [6.45, 7) is 10.7. The molecule has 4 aromatic rings. The maximum atomic E-state index is 12.8. The van der Waals surface area contributed by atoms with Gasteiger partial charge in [0, 0.05) is 60.5 Å². The standard InChI is InChI=1S/C26H31N7O4S/c1-26(2,3)21-14-22(31-37-21)30-24(35)28-18-6-4-17(5-7-18)19-15-33-20(16-38-25(33)29-19)23(34)27-8-9-32-10-12-36-13-11-32/h4-7,14-16H,8-13H2,1-3H3,(H,27,34)(H2,28,30,31,35). The number of hydrogen-bond acceptors (Lipinski definition) is 8. The SMILES string of the molecule is CC(C)(C)c1cc(NC(=O)Nc2ccc(-c3cn4c(C(=O)NCCN5CCOCC5)csc4n3)cc2)no1. The Morgan fingerprint density at radius 3 is 2.58 bits per heavy atom. The molecule has 38 heavy (non-hydrogen) atoms. The zero-order chi connectivity index (χ0) is 26.7. The van der Waals surface area contributed by atoms with Gasteiger partial charge in [-0.3, -0.25) is 19.4 Å². The fraction of sp³-hybridized carbons (Fsp3) is 0.385. The number of thiazole rings is 1. The van der Waals surface area contributed by atoms with Gasteiger partial charge in [-0.25, -0.2) is 9.78 Å². The van der Waals surface area contributed by atoms with Crippen LogP contribution in [-0.2, 0) is 10.2 Å². The third-order valence-corrected chi connectivity index (χ3v) is 7.03. The number of ether oxygens (including phenoxy) is 1. The van der Waals surface area contributed by atoms with Crippen molar-refractivity contribution in [2.24, 2.45) is 0 Å². The van der Waals surface area contributed by atoms with E-state index in [2.05, 4.69) is 31.0 Å². The molecule has 3 amide bonds. The van der Waals surface area contributed by atoms with Crippen LogP contribution >= 0.6 is 11.3 Å². The van der Waals surface area contributed by atoms with E-state index in [9.17, 15) is 9.59 Å². The first-order valence-corrected chi connectivity index (χ1v) is 13.3. The fourth-order valence-corrected chi connectivity index (χ4v) is 4.87. The summed E-state index contributed by atoms with van der Waals surface area (Å²) in [5.74, 6) is 0.912. The summed E-state index contributed by atoms with van der Waals surface area (Å²) < 4.78 is 12.5. The average Bonchev–Trinajstić information content (AvgIpc) is 3.61. The molecule has 1 fully saturated rings. The van der Waals surface area contributed by atoms with E-state index in [-0.39, 0.29) is 11.3 Å². The van der Waals surface area contributed by atoms with Gasteiger partial charge in [-0.05, 0) is 12.1 Å². The van der Waals surface area contributed by atoms with Gasteiger partial charge in [-0.1, -0.05) is 38.1 Å². The van der Waals surface area contributed by atoms with E-state index in [4.69, 9.17) is 9.26 Å². The number of fused-ring (bicyclic) bond motifs is 1. The number of anilines is 2. The van der Waals surface area contributed by atoms with Crippen molar-refractivity contribution in [3.8, 4) is 11.3 Å². The van der Waals surface area contributed by atoms with Gasteiger partial charge in [0.25, 0.3) is 5.91 Å². The van der Waals surface area contributed by atoms with Crippen LogP contribution in [0.25, 0.3) is 16.2 Å². The highest BCUT2D eigenvalue weighted by molar-refractivity contribution is 7.15. The monoisotopic (exact) mass is 537 g/mol. The number of benzene rings is 1. The van der Waals surface area contributed by atoms with Crippen LogP contribution in [0, 0.1) is 0 Å². The third kappa shape index (κ3) is 6.04. The lowest BCUT2D eigenvalue weighted by Crippen LogP contribution is -2.41. The van der Waals surface area contributed by atoms with Crippen molar-refractivity contribution in [1.82, 2.24) is 24.8 Å². The van der Waals surface area contributed by atoms with Crippen LogP contribution < -0.4 is 16.0 Å². The molecule has 1 aliphatic heterocycles. The Hall–Kier alpha value is -3.74. The second kappa shape index (κ2) is 10.9. The smallest absolute Gasteiger partial charge is 0.324 e. The van der Waals surface area contributed by atoms with Gasteiger partial charge >= 0.3 is 6.03 Å². The molecule has 3 N–H and O–H groups in total. The van der Waals surface area contributed by atoms with Crippen LogP contribution in [-0.4, -0.2) is 70.8 Å². The lowest BCUT2D eigenvalue weighted by Gasteiger charge is -2.26. The summed E-state index contributed by atoms with van der Waals surface area (Å²) in [5, 5.41) is 14.2. The van der Waals surface area contributed by atoms with E-state index in [1.807, 2.05) is 48.9 Å². The van der Waals surface area contributed by atoms with Gasteiger partial charge in [0.2, 0.25) is 0 Å². The Morgan fingerprint density at radius 1 is 1.11 bits per heavy atom. The molecule has 12 heteroatoms. The molecule has 1 aliphatic rings. The Morgan fingerprint density at radius 2 is 1.87 bits per heavy atom. The summed E-state index contributed by atoms with van der Waals surface area (Å²) in [7, 11) is 0. The average molecular weight is 538 g/mol. The zero-order valence-electron chi connectivity index (χ0n) is 21.6. The molecule has 0 spiro atoms. The van der Waals surface area contributed by atoms with Crippen molar-refractivity contribution < 1.29 is 18.8 Å². The van der Waals surface area contributed by atoms with E-state index in [0.717, 1.165) is 49.1 Å². The van der Waals surface area contributed by atoms with Gasteiger partial charge in [0.05, 0.1) is 18.9 Å². The van der Waals surface area contributed by atoms with Crippen molar-refractivity contribution in [3.63, 3.8) is 0 Å². The highest BCUT2D eigenvalue weighted by Crippen LogP contribution is 2.26. The molecular weight excluding hydrogens is 506 g/mol. The molecule has 4 heterocycles. The number of hydrogen-bond donors (Lipinski definition) is 3. The number of urea groups is 1. The van der Waals surface area contributed by atoms with Crippen LogP contribution in [0.3, 0.4) is 0 Å². The molecule has 0 aliphatic carbocycles. The van der Waals surface area contributed by atoms with Gasteiger partial charge < -0.3 is 19.9 Å². The fourth-order valence-electron chi connectivity index (χ4n) is 4.02. The van der Waals surface area contributed by atoms with Gasteiger partial charge in [-0.2, -0.15) is 0 Å². The molecule has 5 rings (SSSR count).